The summed E-state index contributed by atoms with van der Waals surface area (Å²) in [6.07, 6.45) is 4.61. The van der Waals surface area contributed by atoms with Crippen LogP contribution in [0.4, 0.5) is 0 Å². The van der Waals surface area contributed by atoms with E-state index in [0.29, 0.717) is 6.67 Å². The van der Waals surface area contributed by atoms with Crippen LogP contribution in [0, 0.1) is 0 Å². The standard InChI is InChI=1S/C5H6ClN7/c6-5-7-1-13(11-5)4-10-12-2-8-9-3-12/h1-3,10H,4H2. The summed E-state index contributed by atoms with van der Waals surface area (Å²) in [7, 11) is 0. The molecule has 2 aromatic heterocycles. The van der Waals surface area contributed by atoms with Crippen molar-refractivity contribution in [2.45, 2.75) is 6.67 Å². The maximum atomic E-state index is 5.52. The van der Waals surface area contributed by atoms with Crippen molar-refractivity contribution in [3.63, 3.8) is 0 Å². The van der Waals surface area contributed by atoms with Crippen molar-refractivity contribution in [3.8, 4) is 0 Å². The third kappa shape index (κ3) is 1.94. The van der Waals surface area contributed by atoms with E-state index in [1.807, 2.05) is 0 Å². The molecule has 0 aliphatic carbocycles. The van der Waals surface area contributed by atoms with Crippen LogP contribution in [0.1, 0.15) is 0 Å². The van der Waals surface area contributed by atoms with E-state index < -0.39 is 0 Å². The minimum Gasteiger partial charge on any atom is -0.302 e. The van der Waals surface area contributed by atoms with Gasteiger partial charge in [0.25, 0.3) is 0 Å². The zero-order valence-electron chi connectivity index (χ0n) is 6.50. The van der Waals surface area contributed by atoms with Crippen molar-refractivity contribution in [1.82, 2.24) is 29.6 Å². The molecule has 68 valence electrons. The molecule has 7 nitrogen and oxygen atoms in total. The zero-order valence-corrected chi connectivity index (χ0v) is 7.26. The fraction of sp³-hybridized carbons (Fsp3) is 0.200. The maximum Gasteiger partial charge on any atom is 0.242 e. The lowest BCUT2D eigenvalue weighted by Crippen LogP contribution is -2.17. The number of hydrogen-bond acceptors (Lipinski definition) is 5. The average molecular weight is 200 g/mol. The second-order valence-electron chi connectivity index (χ2n) is 2.24. The summed E-state index contributed by atoms with van der Waals surface area (Å²) in [5, 5.41) is 11.3. The van der Waals surface area contributed by atoms with E-state index in [9.17, 15) is 0 Å². The fourth-order valence-corrected chi connectivity index (χ4v) is 0.925. The molecule has 0 amide bonds. The Hall–Kier alpha value is -1.63. The molecule has 0 spiro atoms. The van der Waals surface area contributed by atoms with E-state index in [-0.39, 0.29) is 5.28 Å². The third-order valence-electron chi connectivity index (χ3n) is 1.34. The lowest BCUT2D eigenvalue weighted by molar-refractivity contribution is 0.611. The van der Waals surface area contributed by atoms with Crippen LogP contribution in [0.2, 0.25) is 5.28 Å². The van der Waals surface area contributed by atoms with Crippen LogP contribution in [-0.2, 0) is 6.67 Å². The van der Waals surface area contributed by atoms with Gasteiger partial charge in [0.2, 0.25) is 5.28 Å². The van der Waals surface area contributed by atoms with Gasteiger partial charge in [0.15, 0.2) is 0 Å². The van der Waals surface area contributed by atoms with Crippen molar-refractivity contribution in [2.24, 2.45) is 0 Å². The Bertz CT molecular complexity index is 366. The van der Waals surface area contributed by atoms with Gasteiger partial charge in [0.05, 0.1) is 0 Å². The van der Waals surface area contributed by atoms with Gasteiger partial charge in [-0.1, -0.05) is 0 Å². The topological polar surface area (TPSA) is 73.5 Å². The number of hydrogen-bond donors (Lipinski definition) is 1. The van der Waals surface area contributed by atoms with Gasteiger partial charge in [0.1, 0.15) is 25.7 Å². The quantitative estimate of drug-likeness (QED) is 0.736. The summed E-state index contributed by atoms with van der Waals surface area (Å²) in [6, 6.07) is 0. The van der Waals surface area contributed by atoms with Crippen LogP contribution in [0.3, 0.4) is 0 Å². The molecule has 0 radical (unpaired) electrons. The number of nitrogens with one attached hydrogen (secondary N) is 1. The minimum atomic E-state index is 0.227. The molecule has 2 rings (SSSR count). The second-order valence-corrected chi connectivity index (χ2v) is 2.58. The average Bonchev–Trinajstić information content (AvgIpc) is 2.71. The van der Waals surface area contributed by atoms with Crippen LogP contribution in [0.25, 0.3) is 0 Å². The molecule has 1 N–H and O–H groups in total. The van der Waals surface area contributed by atoms with Gasteiger partial charge in [-0.15, -0.1) is 15.3 Å². The molecule has 0 aromatic carbocycles. The summed E-state index contributed by atoms with van der Waals surface area (Å²) in [5.41, 5.74) is 2.95. The van der Waals surface area contributed by atoms with Crippen LogP contribution < -0.4 is 5.43 Å². The maximum absolute atomic E-state index is 5.52. The molecule has 0 fully saturated rings. The normalized spacial score (nSPS) is 10.2. The van der Waals surface area contributed by atoms with Crippen LogP contribution in [0.15, 0.2) is 19.0 Å². The highest BCUT2D eigenvalue weighted by Gasteiger charge is 1.95. The summed E-state index contributed by atoms with van der Waals surface area (Å²) in [6.45, 7) is 0.456. The molecule has 8 heteroatoms. The summed E-state index contributed by atoms with van der Waals surface area (Å²) < 4.78 is 3.16. The highest BCUT2D eigenvalue weighted by atomic mass is 35.5. The smallest absolute Gasteiger partial charge is 0.242 e. The van der Waals surface area contributed by atoms with Crippen LogP contribution in [-0.4, -0.2) is 29.6 Å². The first-order valence-electron chi connectivity index (χ1n) is 3.48. The zero-order chi connectivity index (χ0) is 9.10. The minimum absolute atomic E-state index is 0.227. The molecule has 0 aliphatic heterocycles. The first-order chi connectivity index (χ1) is 6.34. The van der Waals surface area contributed by atoms with Crippen molar-refractivity contribution < 1.29 is 0 Å². The number of rotatable bonds is 3. The van der Waals surface area contributed by atoms with E-state index >= 15 is 0 Å². The van der Waals surface area contributed by atoms with Gasteiger partial charge in [-0.25, -0.2) is 14.3 Å². The SMILES string of the molecule is Clc1ncn(CNn2cnnc2)n1. The Morgan fingerprint density at radius 3 is 2.69 bits per heavy atom. The van der Waals surface area contributed by atoms with Gasteiger partial charge < -0.3 is 5.43 Å². The van der Waals surface area contributed by atoms with E-state index in [4.69, 9.17) is 11.6 Å². The molecule has 2 aromatic rings. The Morgan fingerprint density at radius 1 is 1.31 bits per heavy atom. The Balaban J connectivity index is 1.93. The lowest BCUT2D eigenvalue weighted by Gasteiger charge is -2.03. The molecule has 0 bridgehead atoms. The Kier molecular flexibility index (Phi) is 2.09. The van der Waals surface area contributed by atoms with Gasteiger partial charge in [-0.05, 0) is 11.6 Å². The number of aromatic nitrogens is 6. The van der Waals surface area contributed by atoms with Gasteiger partial charge in [-0.3, -0.25) is 0 Å². The molecule has 0 atom stereocenters. The monoisotopic (exact) mass is 199 g/mol. The van der Waals surface area contributed by atoms with E-state index in [1.165, 1.54) is 6.33 Å². The predicted molar refractivity (Wildman–Crippen MR) is 44.4 cm³/mol. The first-order valence-corrected chi connectivity index (χ1v) is 3.86. The van der Waals surface area contributed by atoms with Crippen molar-refractivity contribution in [1.29, 1.82) is 0 Å². The van der Waals surface area contributed by atoms with Gasteiger partial charge >= 0.3 is 0 Å². The molecule has 13 heavy (non-hydrogen) atoms. The Labute approximate surface area is 78.3 Å². The summed E-state index contributed by atoms with van der Waals surface area (Å²) in [4.78, 5) is 3.75. The van der Waals surface area contributed by atoms with E-state index in [1.54, 1.807) is 22.0 Å². The first kappa shape index (κ1) is 7.99. The summed E-state index contributed by atoms with van der Waals surface area (Å²) >= 11 is 5.52. The molecule has 2 heterocycles. The Morgan fingerprint density at radius 2 is 2.08 bits per heavy atom. The van der Waals surface area contributed by atoms with E-state index in [0.717, 1.165) is 0 Å². The second kappa shape index (κ2) is 3.40. The molecule has 0 saturated carbocycles. The van der Waals surface area contributed by atoms with Gasteiger partial charge in [0, 0.05) is 0 Å². The number of halogens is 1. The molecule has 0 saturated heterocycles. The van der Waals surface area contributed by atoms with Crippen LogP contribution in [0.5, 0.6) is 0 Å². The highest BCUT2D eigenvalue weighted by molar-refractivity contribution is 6.28. The summed E-state index contributed by atoms with van der Waals surface area (Å²) in [5.74, 6) is 0. The largest absolute Gasteiger partial charge is 0.302 e. The molecular formula is C5H6ClN7. The van der Waals surface area contributed by atoms with Crippen molar-refractivity contribution >= 4 is 11.6 Å². The fourth-order valence-electron chi connectivity index (χ4n) is 0.785. The van der Waals surface area contributed by atoms with E-state index in [2.05, 4.69) is 25.7 Å². The highest BCUT2D eigenvalue weighted by Crippen LogP contribution is 1.95. The molecular weight excluding hydrogens is 194 g/mol. The molecule has 0 unspecified atom stereocenters. The van der Waals surface area contributed by atoms with Crippen molar-refractivity contribution in [3.05, 3.63) is 24.3 Å². The molecule has 0 aliphatic rings. The van der Waals surface area contributed by atoms with Gasteiger partial charge in [-0.2, -0.15) is 0 Å². The van der Waals surface area contributed by atoms with Crippen molar-refractivity contribution in [2.75, 3.05) is 5.43 Å². The lowest BCUT2D eigenvalue weighted by atomic mass is 11.0. The predicted octanol–water partition coefficient (Wildman–Crippen LogP) is -0.276. The number of nitrogens with zero attached hydrogens (tertiary/aromatic N) is 6. The van der Waals surface area contributed by atoms with Crippen LogP contribution >= 0.6 is 11.6 Å². The third-order valence-corrected chi connectivity index (χ3v) is 1.52.